The normalized spacial score (nSPS) is 11.9. The Balaban J connectivity index is 1.74. The molecule has 0 aliphatic heterocycles. The number of fused-ring (bicyclic) bond motifs is 1. The van der Waals surface area contributed by atoms with Crippen LogP contribution in [0.5, 0.6) is 11.5 Å². The van der Waals surface area contributed by atoms with Crippen molar-refractivity contribution in [3.05, 3.63) is 92.1 Å². The lowest BCUT2D eigenvalue weighted by Crippen LogP contribution is -2.30. The molecule has 1 heterocycles. The molecule has 1 atom stereocenters. The van der Waals surface area contributed by atoms with Crippen LogP contribution < -0.4 is 14.9 Å². The molecule has 0 aliphatic carbocycles. The predicted molar refractivity (Wildman–Crippen MR) is 130 cm³/mol. The zero-order valence-electron chi connectivity index (χ0n) is 18.1. The largest absolute Gasteiger partial charge is 0.477 e. The van der Waals surface area contributed by atoms with Gasteiger partial charge in [0.15, 0.2) is 11.9 Å². The molecular formula is C26H20Cl2O5. The van der Waals surface area contributed by atoms with Crippen molar-refractivity contribution in [1.82, 2.24) is 0 Å². The van der Waals surface area contributed by atoms with Gasteiger partial charge >= 0.3 is 5.97 Å². The van der Waals surface area contributed by atoms with Crippen molar-refractivity contribution < 1.29 is 18.7 Å². The SMILES string of the molecule is Cc1ccc(-c2oc3ccc(C)cc3c(=O)c2OC(=O)C(C)Oc2ccc(Cl)cc2Cl)cc1. The lowest BCUT2D eigenvalue weighted by Gasteiger charge is -2.16. The Hall–Kier alpha value is -3.28. The van der Waals surface area contributed by atoms with Gasteiger partial charge in [0.2, 0.25) is 11.2 Å². The number of ether oxygens (including phenoxy) is 2. The van der Waals surface area contributed by atoms with Crippen molar-refractivity contribution >= 4 is 40.1 Å². The predicted octanol–water partition coefficient (Wildman–Crippen LogP) is 6.76. The molecule has 4 rings (SSSR count). The minimum absolute atomic E-state index is 0.168. The number of carbonyl (C=O) groups is 1. The summed E-state index contributed by atoms with van der Waals surface area (Å²) in [4.78, 5) is 26.2. The van der Waals surface area contributed by atoms with Crippen LogP contribution in [-0.4, -0.2) is 12.1 Å². The summed E-state index contributed by atoms with van der Waals surface area (Å²) in [5.41, 5.74) is 2.48. The summed E-state index contributed by atoms with van der Waals surface area (Å²) < 4.78 is 17.2. The van der Waals surface area contributed by atoms with Crippen molar-refractivity contribution in [1.29, 1.82) is 0 Å². The van der Waals surface area contributed by atoms with E-state index in [1.54, 1.807) is 36.4 Å². The first kappa shape index (κ1) is 22.9. The van der Waals surface area contributed by atoms with Gasteiger partial charge in [-0.25, -0.2) is 4.79 Å². The molecule has 7 heteroatoms. The van der Waals surface area contributed by atoms with Crippen molar-refractivity contribution in [3.8, 4) is 22.8 Å². The first-order valence-corrected chi connectivity index (χ1v) is 11.0. The van der Waals surface area contributed by atoms with E-state index in [0.29, 0.717) is 21.6 Å². The van der Waals surface area contributed by atoms with Gasteiger partial charge in [0, 0.05) is 10.6 Å². The fourth-order valence-corrected chi connectivity index (χ4v) is 3.73. The van der Waals surface area contributed by atoms with Gasteiger partial charge in [0.25, 0.3) is 0 Å². The van der Waals surface area contributed by atoms with Crippen LogP contribution in [-0.2, 0) is 4.79 Å². The van der Waals surface area contributed by atoms with E-state index in [1.165, 1.54) is 13.0 Å². The molecule has 0 amide bonds. The number of esters is 1. The van der Waals surface area contributed by atoms with Gasteiger partial charge in [0.1, 0.15) is 11.3 Å². The molecule has 0 radical (unpaired) electrons. The number of hydrogen-bond acceptors (Lipinski definition) is 5. The highest BCUT2D eigenvalue weighted by Crippen LogP contribution is 2.32. The van der Waals surface area contributed by atoms with Crippen molar-refractivity contribution in [2.75, 3.05) is 0 Å². The lowest BCUT2D eigenvalue weighted by atomic mass is 10.1. The second kappa shape index (κ2) is 9.30. The van der Waals surface area contributed by atoms with Crippen molar-refractivity contribution in [2.24, 2.45) is 0 Å². The second-order valence-corrected chi connectivity index (χ2v) is 8.55. The molecule has 0 aliphatic rings. The van der Waals surface area contributed by atoms with Crippen LogP contribution in [0, 0.1) is 13.8 Å². The van der Waals surface area contributed by atoms with Crippen molar-refractivity contribution in [2.45, 2.75) is 26.9 Å². The van der Waals surface area contributed by atoms with Crippen LogP contribution in [0.3, 0.4) is 0 Å². The Morgan fingerprint density at radius 2 is 1.64 bits per heavy atom. The average molecular weight is 483 g/mol. The zero-order valence-corrected chi connectivity index (χ0v) is 19.7. The second-order valence-electron chi connectivity index (χ2n) is 7.71. The van der Waals surface area contributed by atoms with E-state index >= 15 is 0 Å². The minimum Gasteiger partial charge on any atom is -0.477 e. The van der Waals surface area contributed by atoms with Crippen LogP contribution in [0.25, 0.3) is 22.3 Å². The molecule has 5 nitrogen and oxygen atoms in total. The van der Waals surface area contributed by atoms with E-state index in [4.69, 9.17) is 37.1 Å². The molecular weight excluding hydrogens is 463 g/mol. The topological polar surface area (TPSA) is 65.7 Å². The standard InChI is InChI=1S/C26H20Cl2O5/c1-14-4-7-17(8-5-14)24-25(23(29)19-12-15(2)6-10-21(19)32-24)33-26(30)16(3)31-22-11-9-18(27)13-20(22)28/h4-13,16H,1-3H3. The maximum Gasteiger partial charge on any atom is 0.352 e. The summed E-state index contributed by atoms with van der Waals surface area (Å²) in [6.07, 6.45) is -1.05. The van der Waals surface area contributed by atoms with Crippen LogP contribution in [0.1, 0.15) is 18.1 Å². The number of aryl methyl sites for hydroxylation is 2. The summed E-state index contributed by atoms with van der Waals surface area (Å²) in [5, 5.41) is 1.01. The third-order valence-electron chi connectivity index (χ3n) is 5.05. The van der Waals surface area contributed by atoms with Gasteiger partial charge in [-0.3, -0.25) is 4.79 Å². The molecule has 4 aromatic rings. The quantitative estimate of drug-likeness (QED) is 0.294. The fraction of sp³-hybridized carbons (Fsp3) is 0.154. The van der Waals surface area contributed by atoms with E-state index in [-0.39, 0.29) is 22.3 Å². The Morgan fingerprint density at radius 1 is 0.939 bits per heavy atom. The average Bonchev–Trinajstić information content (AvgIpc) is 2.78. The summed E-state index contributed by atoms with van der Waals surface area (Å²) in [5.74, 6) is -0.528. The van der Waals surface area contributed by atoms with Gasteiger partial charge in [-0.1, -0.05) is 64.7 Å². The Kier molecular flexibility index (Phi) is 6.45. The summed E-state index contributed by atoms with van der Waals surface area (Å²) in [6.45, 7) is 5.32. The molecule has 33 heavy (non-hydrogen) atoms. The van der Waals surface area contributed by atoms with Crippen LogP contribution in [0.15, 0.2) is 69.9 Å². The van der Waals surface area contributed by atoms with Gasteiger partial charge in [-0.2, -0.15) is 0 Å². The Labute approximate surface area is 200 Å². The summed E-state index contributed by atoms with van der Waals surface area (Å²) >= 11 is 12.0. The van der Waals surface area contributed by atoms with Crippen LogP contribution in [0.4, 0.5) is 0 Å². The van der Waals surface area contributed by atoms with Gasteiger partial charge in [0.05, 0.1) is 10.4 Å². The minimum atomic E-state index is -1.05. The Morgan fingerprint density at radius 3 is 2.33 bits per heavy atom. The smallest absolute Gasteiger partial charge is 0.352 e. The molecule has 3 aromatic carbocycles. The van der Waals surface area contributed by atoms with Gasteiger partial charge in [-0.05, 0) is 51.1 Å². The molecule has 1 aromatic heterocycles. The first-order chi connectivity index (χ1) is 15.7. The number of benzene rings is 3. The summed E-state index contributed by atoms with van der Waals surface area (Å²) in [7, 11) is 0. The highest BCUT2D eigenvalue weighted by Gasteiger charge is 2.25. The zero-order chi connectivity index (χ0) is 23.7. The van der Waals surface area contributed by atoms with E-state index in [0.717, 1.165) is 11.1 Å². The summed E-state index contributed by atoms with van der Waals surface area (Å²) in [6, 6.07) is 17.3. The Bertz CT molecular complexity index is 1410. The highest BCUT2D eigenvalue weighted by molar-refractivity contribution is 6.35. The lowest BCUT2D eigenvalue weighted by molar-refractivity contribution is -0.141. The molecule has 0 bridgehead atoms. The molecule has 0 saturated heterocycles. The molecule has 0 N–H and O–H groups in total. The third-order valence-corrected chi connectivity index (χ3v) is 5.58. The van der Waals surface area contributed by atoms with Gasteiger partial charge < -0.3 is 13.9 Å². The molecule has 168 valence electrons. The molecule has 0 fully saturated rings. The monoisotopic (exact) mass is 482 g/mol. The van der Waals surface area contributed by atoms with Crippen LogP contribution in [0.2, 0.25) is 10.0 Å². The first-order valence-electron chi connectivity index (χ1n) is 10.2. The van der Waals surface area contributed by atoms with Crippen molar-refractivity contribution in [3.63, 3.8) is 0 Å². The number of hydrogen-bond donors (Lipinski definition) is 0. The van der Waals surface area contributed by atoms with E-state index in [2.05, 4.69) is 0 Å². The fourth-order valence-electron chi connectivity index (χ4n) is 3.27. The number of halogens is 2. The third kappa shape index (κ3) is 4.90. The van der Waals surface area contributed by atoms with E-state index < -0.39 is 17.5 Å². The maximum absolute atomic E-state index is 13.3. The highest BCUT2D eigenvalue weighted by atomic mass is 35.5. The van der Waals surface area contributed by atoms with E-state index in [1.807, 2.05) is 32.0 Å². The van der Waals surface area contributed by atoms with Gasteiger partial charge in [-0.15, -0.1) is 0 Å². The number of rotatable bonds is 5. The van der Waals surface area contributed by atoms with E-state index in [9.17, 15) is 9.59 Å². The maximum atomic E-state index is 13.3. The molecule has 0 saturated carbocycles. The molecule has 0 spiro atoms. The molecule has 1 unspecified atom stereocenters. The number of carbonyl (C=O) groups excluding carboxylic acids is 1. The van der Waals surface area contributed by atoms with Crippen LogP contribution >= 0.6 is 23.2 Å².